The summed E-state index contributed by atoms with van der Waals surface area (Å²) < 4.78 is 3.37. The molecule has 0 aliphatic carbocycles. The highest BCUT2D eigenvalue weighted by atomic mass is 35.6. The van der Waals surface area contributed by atoms with Crippen LogP contribution in [0, 0.1) is 5.92 Å². The molecule has 0 saturated heterocycles. The summed E-state index contributed by atoms with van der Waals surface area (Å²) in [6, 6.07) is 3.82. The molecule has 0 radical (unpaired) electrons. The number of rotatable bonds is 4. The summed E-state index contributed by atoms with van der Waals surface area (Å²) in [4.78, 5) is 16.8. The van der Waals surface area contributed by atoms with Crippen LogP contribution in [0.4, 0.5) is 5.95 Å². The van der Waals surface area contributed by atoms with Crippen molar-refractivity contribution in [3.05, 3.63) is 48.0 Å². The molecule has 0 fully saturated rings. The molecule has 27 heavy (non-hydrogen) atoms. The minimum Gasteiger partial charge on any atom is -0.368 e. The van der Waals surface area contributed by atoms with Gasteiger partial charge in [-0.05, 0) is 24.5 Å². The van der Waals surface area contributed by atoms with Gasteiger partial charge in [-0.15, -0.1) is 0 Å². The van der Waals surface area contributed by atoms with Crippen LogP contribution in [-0.2, 0) is 9.21 Å². The summed E-state index contributed by atoms with van der Waals surface area (Å²) in [6.45, 7) is 6.09. The van der Waals surface area contributed by atoms with Crippen LogP contribution < -0.4 is 5.73 Å². The van der Waals surface area contributed by atoms with E-state index in [2.05, 4.69) is 25.1 Å². The van der Waals surface area contributed by atoms with E-state index in [0.29, 0.717) is 5.82 Å². The average molecular weight is 428 g/mol. The molecule has 3 aromatic rings. The Hall–Kier alpha value is -1.96. The quantitative estimate of drug-likeness (QED) is 0.619. The molecule has 0 aliphatic rings. The lowest BCUT2D eigenvalue weighted by Gasteiger charge is -2.30. The zero-order valence-corrected chi connectivity index (χ0v) is 17.1. The molecule has 142 valence electrons. The third-order valence-electron chi connectivity index (χ3n) is 4.62. The summed E-state index contributed by atoms with van der Waals surface area (Å²) in [5.74, 6) is 0.678. The highest BCUT2D eigenvalue weighted by Gasteiger charge is 2.40. The van der Waals surface area contributed by atoms with Crippen molar-refractivity contribution in [3.63, 3.8) is 0 Å². The zero-order valence-electron chi connectivity index (χ0n) is 14.8. The SMILES string of the molecule is CC(C)C(C)(c1ccc(-c2cnc(N)nc2)nc1)c1noc(C(Cl)(Cl)Cl)n1. The summed E-state index contributed by atoms with van der Waals surface area (Å²) in [5.41, 5.74) is 7.31. The van der Waals surface area contributed by atoms with Gasteiger partial charge in [-0.2, -0.15) is 4.98 Å². The maximum Gasteiger partial charge on any atom is 0.278 e. The van der Waals surface area contributed by atoms with Gasteiger partial charge in [-0.3, -0.25) is 4.98 Å². The molecule has 3 aromatic heterocycles. The van der Waals surface area contributed by atoms with Crippen molar-refractivity contribution < 1.29 is 4.52 Å². The Morgan fingerprint density at radius 1 is 1.04 bits per heavy atom. The third-order valence-corrected chi connectivity index (χ3v) is 5.10. The first kappa shape index (κ1) is 19.8. The van der Waals surface area contributed by atoms with E-state index in [9.17, 15) is 0 Å². The number of anilines is 1. The van der Waals surface area contributed by atoms with Crippen molar-refractivity contribution >= 4 is 40.8 Å². The number of halogens is 3. The molecule has 2 N–H and O–H groups in total. The molecular formula is C17H17Cl3N6O. The van der Waals surface area contributed by atoms with Gasteiger partial charge in [0.1, 0.15) is 0 Å². The van der Waals surface area contributed by atoms with E-state index in [0.717, 1.165) is 16.8 Å². The van der Waals surface area contributed by atoms with Crippen molar-refractivity contribution in [3.8, 4) is 11.3 Å². The van der Waals surface area contributed by atoms with Gasteiger partial charge in [0.25, 0.3) is 9.68 Å². The van der Waals surface area contributed by atoms with Crippen molar-refractivity contribution in [1.82, 2.24) is 25.1 Å². The van der Waals surface area contributed by atoms with E-state index < -0.39 is 9.21 Å². The number of nitrogen functional groups attached to an aromatic ring is 1. The fourth-order valence-corrected chi connectivity index (χ4v) is 2.84. The van der Waals surface area contributed by atoms with Gasteiger partial charge in [0.2, 0.25) is 5.95 Å². The highest BCUT2D eigenvalue weighted by Crippen LogP contribution is 2.41. The predicted molar refractivity (Wildman–Crippen MR) is 105 cm³/mol. The first-order valence-electron chi connectivity index (χ1n) is 8.08. The van der Waals surface area contributed by atoms with Gasteiger partial charge < -0.3 is 10.3 Å². The van der Waals surface area contributed by atoms with Crippen LogP contribution in [0.5, 0.6) is 0 Å². The first-order valence-corrected chi connectivity index (χ1v) is 9.21. The van der Waals surface area contributed by atoms with E-state index in [1.165, 1.54) is 0 Å². The molecular weight excluding hydrogens is 411 g/mol. The van der Waals surface area contributed by atoms with Crippen LogP contribution in [0.25, 0.3) is 11.3 Å². The van der Waals surface area contributed by atoms with Crippen LogP contribution in [0.1, 0.15) is 38.0 Å². The monoisotopic (exact) mass is 426 g/mol. The summed E-state index contributed by atoms with van der Waals surface area (Å²) in [5, 5.41) is 4.04. The topological polar surface area (TPSA) is 104 Å². The zero-order chi connectivity index (χ0) is 19.8. The highest BCUT2D eigenvalue weighted by molar-refractivity contribution is 6.66. The minimum atomic E-state index is -1.78. The molecule has 1 unspecified atom stereocenters. The van der Waals surface area contributed by atoms with E-state index in [1.54, 1.807) is 18.6 Å². The van der Waals surface area contributed by atoms with Crippen LogP contribution in [-0.4, -0.2) is 25.1 Å². The third kappa shape index (κ3) is 3.85. The first-order chi connectivity index (χ1) is 12.6. The van der Waals surface area contributed by atoms with E-state index >= 15 is 0 Å². The van der Waals surface area contributed by atoms with Gasteiger partial charge in [-0.1, -0.05) is 59.9 Å². The second-order valence-corrected chi connectivity index (χ2v) is 8.82. The molecule has 7 nitrogen and oxygen atoms in total. The number of alkyl halides is 3. The van der Waals surface area contributed by atoms with E-state index in [1.807, 2.05) is 32.9 Å². The Kier molecular flexibility index (Phi) is 5.29. The van der Waals surface area contributed by atoms with Crippen molar-refractivity contribution in [2.75, 3.05) is 5.73 Å². The number of nitrogens with two attached hydrogens (primary N) is 1. The lowest BCUT2D eigenvalue weighted by Crippen LogP contribution is -2.31. The lowest BCUT2D eigenvalue weighted by atomic mass is 9.73. The average Bonchev–Trinajstić information content (AvgIpc) is 3.13. The molecule has 0 spiro atoms. The van der Waals surface area contributed by atoms with Crippen LogP contribution in [0.15, 0.2) is 35.2 Å². The molecule has 0 aromatic carbocycles. The Labute approximate surface area is 171 Å². The fraction of sp³-hybridized carbons (Fsp3) is 0.353. The number of hydrogen-bond acceptors (Lipinski definition) is 7. The number of aromatic nitrogens is 5. The Morgan fingerprint density at radius 3 is 2.19 bits per heavy atom. The Morgan fingerprint density at radius 2 is 1.70 bits per heavy atom. The number of hydrogen-bond donors (Lipinski definition) is 1. The van der Waals surface area contributed by atoms with Crippen molar-refractivity contribution in [2.24, 2.45) is 5.92 Å². The standard InChI is InChI=1S/C17H17Cl3N6O/c1-9(2)16(3,13-25-14(27-26-13)17(18,19)20)11-4-5-12(22-8-11)10-6-23-15(21)24-7-10/h4-9H,1-3H3,(H2,21,23,24). The molecule has 0 amide bonds. The maximum atomic E-state index is 5.85. The molecule has 10 heteroatoms. The lowest BCUT2D eigenvalue weighted by molar-refractivity contribution is 0.337. The molecule has 0 bridgehead atoms. The van der Waals surface area contributed by atoms with Crippen LogP contribution >= 0.6 is 34.8 Å². The number of nitrogens with zero attached hydrogens (tertiary/aromatic N) is 5. The molecule has 3 rings (SSSR count). The summed E-state index contributed by atoms with van der Waals surface area (Å²) in [7, 11) is 0. The maximum absolute atomic E-state index is 5.85. The van der Waals surface area contributed by atoms with Gasteiger partial charge in [0.15, 0.2) is 5.82 Å². The van der Waals surface area contributed by atoms with Gasteiger partial charge in [0, 0.05) is 24.2 Å². The van der Waals surface area contributed by atoms with E-state index in [4.69, 9.17) is 45.1 Å². The normalized spacial score (nSPS) is 14.3. The smallest absolute Gasteiger partial charge is 0.278 e. The number of pyridine rings is 1. The van der Waals surface area contributed by atoms with Gasteiger partial charge >= 0.3 is 0 Å². The van der Waals surface area contributed by atoms with Crippen LogP contribution in [0.2, 0.25) is 0 Å². The molecule has 0 saturated carbocycles. The fourth-order valence-electron chi connectivity index (χ4n) is 2.61. The molecule has 1 atom stereocenters. The second-order valence-electron chi connectivity index (χ2n) is 6.54. The van der Waals surface area contributed by atoms with Crippen molar-refractivity contribution in [1.29, 1.82) is 0 Å². The summed E-state index contributed by atoms with van der Waals surface area (Å²) in [6.07, 6.45) is 5.01. The molecule has 3 heterocycles. The Bertz CT molecular complexity index is 921. The van der Waals surface area contributed by atoms with Gasteiger partial charge in [0.05, 0.1) is 11.1 Å². The van der Waals surface area contributed by atoms with Crippen molar-refractivity contribution in [2.45, 2.75) is 30.0 Å². The van der Waals surface area contributed by atoms with Gasteiger partial charge in [-0.25, -0.2) is 9.97 Å². The minimum absolute atomic E-state index is 0.0713. The largest absolute Gasteiger partial charge is 0.368 e. The second kappa shape index (κ2) is 7.22. The predicted octanol–water partition coefficient (Wildman–Crippen LogP) is 4.29. The molecule has 0 aliphatic heterocycles. The van der Waals surface area contributed by atoms with E-state index in [-0.39, 0.29) is 17.8 Å². The van der Waals surface area contributed by atoms with Crippen LogP contribution in [0.3, 0.4) is 0 Å². The summed E-state index contributed by atoms with van der Waals surface area (Å²) >= 11 is 17.5. The Balaban J connectivity index is 1.99.